The first-order valence-corrected chi connectivity index (χ1v) is 6.86. The van der Waals surface area contributed by atoms with E-state index in [1.165, 1.54) is 0 Å². The highest BCUT2D eigenvalue weighted by molar-refractivity contribution is 5.88. The van der Waals surface area contributed by atoms with Crippen LogP contribution in [0, 0.1) is 13.8 Å². The fourth-order valence-electron chi connectivity index (χ4n) is 2.13. The molecule has 2 aromatic rings. The highest BCUT2D eigenvalue weighted by Gasteiger charge is 2.18. The molecule has 2 rings (SSSR count). The largest absolute Gasteiger partial charge is 0.323 e. The summed E-state index contributed by atoms with van der Waals surface area (Å²) in [5, 5.41) is 2.83. The van der Waals surface area contributed by atoms with Crippen LogP contribution in [0.25, 0.3) is 0 Å². The number of rotatable bonds is 3. The van der Waals surface area contributed by atoms with Crippen LogP contribution >= 0.6 is 0 Å². The summed E-state index contributed by atoms with van der Waals surface area (Å²) >= 11 is 0. The predicted octanol–water partition coefficient (Wildman–Crippen LogP) is 3.32. The van der Waals surface area contributed by atoms with E-state index < -0.39 is 0 Å². The topological polar surface area (TPSA) is 58.1 Å². The second kappa shape index (κ2) is 6.35. The maximum absolute atomic E-state index is 12.3. The highest BCUT2D eigenvalue weighted by atomic mass is 16.2. The van der Waals surface area contributed by atoms with Gasteiger partial charge in [-0.2, -0.15) is 0 Å². The third-order valence-corrected chi connectivity index (χ3v) is 3.40. The molecule has 0 unspecified atom stereocenters. The molecule has 5 heteroatoms. The Labute approximate surface area is 125 Å². The molecule has 110 valence electrons. The van der Waals surface area contributed by atoms with Gasteiger partial charge in [-0.3, -0.25) is 10.3 Å². The second-order valence-corrected chi connectivity index (χ2v) is 5.17. The van der Waals surface area contributed by atoms with Crippen molar-refractivity contribution in [2.24, 2.45) is 0 Å². The van der Waals surface area contributed by atoms with Crippen LogP contribution in [-0.4, -0.2) is 27.9 Å². The number of anilines is 1. The minimum absolute atomic E-state index is 0.0652. The Morgan fingerprint density at radius 1 is 1.33 bits per heavy atom. The molecule has 0 fully saturated rings. The molecule has 0 aliphatic rings. The molecule has 1 N–H and O–H groups in total. The molecular formula is C16H20N4O. The number of carbonyl (C=O) groups excluding carboxylic acids is 1. The Bertz CT molecular complexity index is 607. The van der Waals surface area contributed by atoms with Crippen LogP contribution in [0.5, 0.6) is 0 Å². The Morgan fingerprint density at radius 2 is 2.10 bits per heavy atom. The van der Waals surface area contributed by atoms with Gasteiger partial charge in [-0.15, -0.1) is 0 Å². The molecule has 2 amide bonds. The lowest BCUT2D eigenvalue weighted by Gasteiger charge is -2.25. The van der Waals surface area contributed by atoms with E-state index in [1.807, 2.05) is 45.0 Å². The maximum Gasteiger partial charge on any atom is 0.323 e. The average Bonchev–Trinajstić information content (AvgIpc) is 2.45. The third kappa shape index (κ3) is 3.78. The van der Waals surface area contributed by atoms with Gasteiger partial charge < -0.3 is 4.90 Å². The number of nitrogens with one attached hydrogen (secondary N) is 1. The Balaban J connectivity index is 2.09. The summed E-state index contributed by atoms with van der Waals surface area (Å²) in [4.78, 5) is 22.3. The van der Waals surface area contributed by atoms with Crippen molar-refractivity contribution in [3.63, 3.8) is 0 Å². The van der Waals surface area contributed by atoms with Crippen LogP contribution in [0.3, 0.4) is 0 Å². The summed E-state index contributed by atoms with van der Waals surface area (Å²) in [6, 6.07) is 7.39. The molecule has 0 spiro atoms. The van der Waals surface area contributed by atoms with Crippen molar-refractivity contribution < 1.29 is 4.79 Å². The smallest absolute Gasteiger partial charge is 0.321 e. The molecule has 0 saturated carbocycles. The summed E-state index contributed by atoms with van der Waals surface area (Å²) in [5.41, 5.74) is 2.94. The number of aromatic nitrogens is 2. The summed E-state index contributed by atoms with van der Waals surface area (Å²) in [7, 11) is 1.76. The first kappa shape index (κ1) is 15.0. The molecule has 5 nitrogen and oxygen atoms in total. The molecule has 0 bridgehead atoms. The van der Waals surface area contributed by atoms with Gasteiger partial charge in [0.1, 0.15) is 5.82 Å². The minimum Gasteiger partial charge on any atom is -0.321 e. The summed E-state index contributed by atoms with van der Waals surface area (Å²) in [6.07, 6.45) is 3.49. The van der Waals surface area contributed by atoms with Gasteiger partial charge in [0.2, 0.25) is 0 Å². The molecule has 2 aromatic heterocycles. The Hall–Kier alpha value is -2.43. The molecule has 21 heavy (non-hydrogen) atoms. The van der Waals surface area contributed by atoms with Crippen LogP contribution in [0.15, 0.2) is 36.7 Å². The number of pyridine rings is 2. The van der Waals surface area contributed by atoms with Gasteiger partial charge in [-0.05, 0) is 50.1 Å². The van der Waals surface area contributed by atoms with Gasteiger partial charge in [-0.1, -0.05) is 6.07 Å². The lowest BCUT2D eigenvalue weighted by Crippen LogP contribution is -2.34. The lowest BCUT2D eigenvalue weighted by molar-refractivity contribution is 0.208. The zero-order valence-electron chi connectivity index (χ0n) is 12.8. The quantitative estimate of drug-likeness (QED) is 0.940. The third-order valence-electron chi connectivity index (χ3n) is 3.40. The van der Waals surface area contributed by atoms with E-state index in [4.69, 9.17) is 0 Å². The maximum atomic E-state index is 12.3. The van der Waals surface area contributed by atoms with Crippen LogP contribution < -0.4 is 5.32 Å². The summed E-state index contributed by atoms with van der Waals surface area (Å²) < 4.78 is 0. The molecule has 0 aromatic carbocycles. The zero-order valence-corrected chi connectivity index (χ0v) is 12.8. The average molecular weight is 284 g/mol. The standard InChI is InChI=1S/C16H20N4O/c1-11-8-12(2)18-15(9-11)19-16(21)20(4)13(3)14-6-5-7-17-10-14/h5-10,13H,1-4H3,(H,18,19,21)/t13-/m1/s1. The van der Waals surface area contributed by atoms with E-state index in [-0.39, 0.29) is 12.1 Å². The van der Waals surface area contributed by atoms with E-state index in [1.54, 1.807) is 24.3 Å². The zero-order chi connectivity index (χ0) is 15.4. The fourth-order valence-corrected chi connectivity index (χ4v) is 2.13. The van der Waals surface area contributed by atoms with Crippen LogP contribution in [0.2, 0.25) is 0 Å². The van der Waals surface area contributed by atoms with Gasteiger partial charge in [0.25, 0.3) is 0 Å². The number of aryl methyl sites for hydroxylation is 2. The van der Waals surface area contributed by atoms with Crippen LogP contribution in [0.1, 0.15) is 29.8 Å². The van der Waals surface area contributed by atoms with Crippen molar-refractivity contribution in [1.82, 2.24) is 14.9 Å². The van der Waals surface area contributed by atoms with Crippen molar-refractivity contribution in [2.45, 2.75) is 26.8 Å². The van der Waals surface area contributed by atoms with Gasteiger partial charge in [0, 0.05) is 25.1 Å². The van der Waals surface area contributed by atoms with E-state index in [2.05, 4.69) is 15.3 Å². The second-order valence-electron chi connectivity index (χ2n) is 5.17. The SMILES string of the molecule is Cc1cc(C)nc(NC(=O)N(C)[C@H](C)c2cccnc2)c1. The number of carbonyl (C=O) groups is 1. The molecule has 0 saturated heterocycles. The van der Waals surface area contributed by atoms with E-state index in [0.717, 1.165) is 16.8 Å². The number of hydrogen-bond donors (Lipinski definition) is 1. The van der Waals surface area contributed by atoms with E-state index in [9.17, 15) is 4.79 Å². The van der Waals surface area contributed by atoms with E-state index in [0.29, 0.717) is 5.82 Å². The summed E-state index contributed by atoms with van der Waals surface area (Å²) in [6.45, 7) is 5.85. The first-order valence-electron chi connectivity index (χ1n) is 6.86. The monoisotopic (exact) mass is 284 g/mol. The number of nitrogens with zero attached hydrogens (tertiary/aromatic N) is 3. The number of amides is 2. The predicted molar refractivity (Wildman–Crippen MR) is 83.1 cm³/mol. The van der Waals surface area contributed by atoms with Crippen LogP contribution in [0.4, 0.5) is 10.6 Å². The van der Waals surface area contributed by atoms with Crippen molar-refractivity contribution in [3.05, 3.63) is 53.5 Å². The number of hydrogen-bond acceptors (Lipinski definition) is 3. The molecule has 0 aliphatic carbocycles. The highest BCUT2D eigenvalue weighted by Crippen LogP contribution is 2.18. The van der Waals surface area contributed by atoms with Crippen LogP contribution in [-0.2, 0) is 0 Å². The Morgan fingerprint density at radius 3 is 2.71 bits per heavy atom. The number of urea groups is 1. The van der Waals surface area contributed by atoms with Gasteiger partial charge in [0.15, 0.2) is 0 Å². The van der Waals surface area contributed by atoms with Gasteiger partial charge in [-0.25, -0.2) is 9.78 Å². The molecule has 0 aliphatic heterocycles. The normalized spacial score (nSPS) is 11.8. The molecular weight excluding hydrogens is 264 g/mol. The van der Waals surface area contributed by atoms with Crippen molar-refractivity contribution >= 4 is 11.8 Å². The van der Waals surface area contributed by atoms with Crippen molar-refractivity contribution in [3.8, 4) is 0 Å². The fraction of sp³-hybridized carbons (Fsp3) is 0.312. The van der Waals surface area contributed by atoms with Gasteiger partial charge >= 0.3 is 6.03 Å². The molecule has 2 heterocycles. The molecule has 1 atom stereocenters. The van der Waals surface area contributed by atoms with Crippen molar-refractivity contribution in [2.75, 3.05) is 12.4 Å². The van der Waals surface area contributed by atoms with Crippen molar-refractivity contribution in [1.29, 1.82) is 0 Å². The van der Waals surface area contributed by atoms with E-state index >= 15 is 0 Å². The first-order chi connectivity index (χ1) is 9.97. The van der Waals surface area contributed by atoms with Gasteiger partial charge in [0.05, 0.1) is 6.04 Å². The lowest BCUT2D eigenvalue weighted by atomic mass is 10.1. The minimum atomic E-state index is -0.191. The molecule has 0 radical (unpaired) electrons. The Kier molecular flexibility index (Phi) is 4.52. The summed E-state index contributed by atoms with van der Waals surface area (Å²) in [5.74, 6) is 0.572.